The summed E-state index contributed by atoms with van der Waals surface area (Å²) >= 11 is 0. The Balaban J connectivity index is 2.07. The zero-order valence-electron chi connectivity index (χ0n) is 8.89. The number of hydrogen-bond acceptors (Lipinski definition) is 3. The Morgan fingerprint density at radius 3 is 3.07 bits per heavy atom. The first-order valence-electron chi connectivity index (χ1n) is 5.19. The van der Waals surface area contributed by atoms with Crippen LogP contribution in [0.2, 0.25) is 0 Å². The number of nitrogens with zero attached hydrogens (tertiary/aromatic N) is 3. The highest BCUT2D eigenvalue weighted by Crippen LogP contribution is 2.17. The second kappa shape index (κ2) is 4.02. The molecule has 2 N–H and O–H groups in total. The van der Waals surface area contributed by atoms with E-state index in [1.54, 1.807) is 24.0 Å². The van der Waals surface area contributed by atoms with Gasteiger partial charge in [0.05, 0.1) is 0 Å². The zero-order chi connectivity index (χ0) is 10.8. The molecule has 1 saturated heterocycles. The molecule has 5 heteroatoms. The van der Waals surface area contributed by atoms with Crippen molar-refractivity contribution in [2.75, 3.05) is 19.6 Å². The number of carbonyl (C=O) groups is 1. The van der Waals surface area contributed by atoms with Gasteiger partial charge in [0.15, 0.2) is 0 Å². The Hall–Kier alpha value is -1.36. The lowest BCUT2D eigenvalue weighted by atomic mass is 10.1. The molecule has 1 aliphatic rings. The molecule has 82 valence electrons. The number of likely N-dealkylation sites (tertiary alicyclic amines) is 1. The van der Waals surface area contributed by atoms with E-state index in [-0.39, 0.29) is 5.91 Å². The fourth-order valence-corrected chi connectivity index (χ4v) is 1.96. The van der Waals surface area contributed by atoms with Gasteiger partial charge in [-0.25, -0.2) is 0 Å². The topological polar surface area (TPSA) is 64.2 Å². The monoisotopic (exact) mass is 208 g/mol. The van der Waals surface area contributed by atoms with E-state index in [4.69, 9.17) is 5.73 Å². The van der Waals surface area contributed by atoms with Gasteiger partial charge in [-0.2, -0.15) is 5.10 Å². The van der Waals surface area contributed by atoms with Gasteiger partial charge in [0.2, 0.25) is 0 Å². The second-order valence-electron chi connectivity index (χ2n) is 3.98. The average Bonchev–Trinajstić information content (AvgIpc) is 2.84. The van der Waals surface area contributed by atoms with Crippen LogP contribution in [0.15, 0.2) is 12.3 Å². The molecule has 0 aliphatic carbocycles. The zero-order valence-corrected chi connectivity index (χ0v) is 8.89. The standard InChI is InChI=1S/C10H16N4O/c1-13-9(2-4-12-13)10(15)14-5-3-8(6-11)7-14/h2,4,8H,3,5-7,11H2,1H3. The van der Waals surface area contributed by atoms with E-state index in [1.807, 2.05) is 4.90 Å². The molecule has 1 fully saturated rings. The molecular weight excluding hydrogens is 192 g/mol. The number of amides is 1. The number of aromatic nitrogens is 2. The fourth-order valence-electron chi connectivity index (χ4n) is 1.96. The Morgan fingerprint density at radius 1 is 1.73 bits per heavy atom. The summed E-state index contributed by atoms with van der Waals surface area (Å²) in [7, 11) is 1.78. The van der Waals surface area contributed by atoms with Crippen molar-refractivity contribution in [1.29, 1.82) is 0 Å². The van der Waals surface area contributed by atoms with Crippen molar-refractivity contribution in [1.82, 2.24) is 14.7 Å². The highest BCUT2D eigenvalue weighted by molar-refractivity contribution is 5.92. The summed E-state index contributed by atoms with van der Waals surface area (Å²) in [4.78, 5) is 13.9. The van der Waals surface area contributed by atoms with Crippen LogP contribution < -0.4 is 5.73 Å². The maximum absolute atomic E-state index is 12.0. The predicted molar refractivity (Wildman–Crippen MR) is 56.3 cm³/mol. The maximum atomic E-state index is 12.0. The fraction of sp³-hybridized carbons (Fsp3) is 0.600. The van der Waals surface area contributed by atoms with Crippen molar-refractivity contribution < 1.29 is 4.79 Å². The van der Waals surface area contributed by atoms with Crippen molar-refractivity contribution in [3.8, 4) is 0 Å². The molecule has 1 amide bonds. The highest BCUT2D eigenvalue weighted by atomic mass is 16.2. The Morgan fingerprint density at radius 2 is 2.53 bits per heavy atom. The minimum atomic E-state index is 0.0611. The minimum Gasteiger partial charge on any atom is -0.337 e. The molecule has 1 aliphatic heterocycles. The summed E-state index contributed by atoms with van der Waals surface area (Å²) in [5.74, 6) is 0.521. The maximum Gasteiger partial charge on any atom is 0.272 e. The molecule has 5 nitrogen and oxygen atoms in total. The van der Waals surface area contributed by atoms with E-state index in [1.165, 1.54) is 0 Å². The summed E-state index contributed by atoms with van der Waals surface area (Å²) in [6, 6.07) is 1.75. The number of hydrogen-bond donors (Lipinski definition) is 1. The van der Waals surface area contributed by atoms with Crippen molar-refractivity contribution in [2.24, 2.45) is 18.7 Å². The van der Waals surface area contributed by atoms with Gasteiger partial charge in [0.25, 0.3) is 5.91 Å². The van der Waals surface area contributed by atoms with Gasteiger partial charge in [0.1, 0.15) is 5.69 Å². The average molecular weight is 208 g/mol. The first-order valence-corrected chi connectivity index (χ1v) is 5.19. The smallest absolute Gasteiger partial charge is 0.272 e. The van der Waals surface area contributed by atoms with Gasteiger partial charge in [-0.15, -0.1) is 0 Å². The van der Waals surface area contributed by atoms with Crippen LogP contribution in [-0.4, -0.2) is 40.2 Å². The van der Waals surface area contributed by atoms with Crippen LogP contribution in [-0.2, 0) is 7.05 Å². The van der Waals surface area contributed by atoms with E-state index in [0.29, 0.717) is 18.2 Å². The van der Waals surface area contributed by atoms with Gasteiger partial charge in [-0.1, -0.05) is 0 Å². The first kappa shape index (κ1) is 10.2. The van der Waals surface area contributed by atoms with Gasteiger partial charge >= 0.3 is 0 Å². The van der Waals surface area contributed by atoms with E-state index in [9.17, 15) is 4.79 Å². The molecule has 2 heterocycles. The van der Waals surface area contributed by atoms with Crippen LogP contribution in [0.1, 0.15) is 16.9 Å². The van der Waals surface area contributed by atoms with Gasteiger partial charge < -0.3 is 10.6 Å². The molecule has 2 rings (SSSR count). The SMILES string of the molecule is Cn1nccc1C(=O)N1CCC(CN)C1. The van der Waals surface area contributed by atoms with Crippen LogP contribution in [0, 0.1) is 5.92 Å². The second-order valence-corrected chi connectivity index (χ2v) is 3.98. The van der Waals surface area contributed by atoms with Gasteiger partial charge in [-0.05, 0) is 24.9 Å². The molecule has 1 aromatic rings. The molecule has 15 heavy (non-hydrogen) atoms. The number of nitrogens with two attached hydrogens (primary N) is 1. The molecule has 0 spiro atoms. The predicted octanol–water partition coefficient (Wildman–Crippen LogP) is -0.159. The molecule has 1 unspecified atom stereocenters. The van der Waals surface area contributed by atoms with Crippen LogP contribution >= 0.6 is 0 Å². The van der Waals surface area contributed by atoms with Crippen LogP contribution in [0.4, 0.5) is 0 Å². The molecular formula is C10H16N4O. The third-order valence-corrected chi connectivity index (χ3v) is 2.95. The highest BCUT2D eigenvalue weighted by Gasteiger charge is 2.27. The lowest BCUT2D eigenvalue weighted by Crippen LogP contribution is -2.31. The third-order valence-electron chi connectivity index (χ3n) is 2.95. The normalized spacial score (nSPS) is 20.9. The molecule has 0 saturated carbocycles. The lowest BCUT2D eigenvalue weighted by Gasteiger charge is -2.15. The largest absolute Gasteiger partial charge is 0.337 e. The summed E-state index contributed by atoms with van der Waals surface area (Å²) in [6.07, 6.45) is 2.66. The Bertz CT molecular complexity index is 360. The van der Waals surface area contributed by atoms with Crippen LogP contribution in [0.3, 0.4) is 0 Å². The van der Waals surface area contributed by atoms with E-state index in [2.05, 4.69) is 5.10 Å². The van der Waals surface area contributed by atoms with E-state index < -0.39 is 0 Å². The van der Waals surface area contributed by atoms with Crippen molar-refractivity contribution in [3.63, 3.8) is 0 Å². The van der Waals surface area contributed by atoms with E-state index >= 15 is 0 Å². The van der Waals surface area contributed by atoms with Crippen molar-refractivity contribution in [3.05, 3.63) is 18.0 Å². The van der Waals surface area contributed by atoms with E-state index in [0.717, 1.165) is 19.5 Å². The first-order chi connectivity index (χ1) is 7.22. The summed E-state index contributed by atoms with van der Waals surface area (Å²) in [5.41, 5.74) is 6.24. The van der Waals surface area contributed by atoms with Crippen molar-refractivity contribution >= 4 is 5.91 Å². The molecule has 1 atom stereocenters. The molecule has 0 aromatic carbocycles. The minimum absolute atomic E-state index is 0.0611. The summed E-state index contributed by atoms with van der Waals surface area (Å²) < 4.78 is 1.61. The van der Waals surface area contributed by atoms with Gasteiger partial charge in [-0.3, -0.25) is 9.48 Å². The molecule has 0 bridgehead atoms. The van der Waals surface area contributed by atoms with Crippen LogP contribution in [0.25, 0.3) is 0 Å². The lowest BCUT2D eigenvalue weighted by molar-refractivity contribution is 0.0777. The van der Waals surface area contributed by atoms with Gasteiger partial charge in [0, 0.05) is 26.3 Å². The summed E-state index contributed by atoms with van der Waals surface area (Å²) in [5, 5.41) is 3.99. The number of rotatable bonds is 2. The molecule has 1 aromatic heterocycles. The van der Waals surface area contributed by atoms with Crippen molar-refractivity contribution in [2.45, 2.75) is 6.42 Å². The Labute approximate surface area is 88.8 Å². The quantitative estimate of drug-likeness (QED) is 0.734. The summed E-state index contributed by atoms with van der Waals surface area (Å²) in [6.45, 7) is 2.25. The molecule has 0 radical (unpaired) electrons. The Kier molecular flexibility index (Phi) is 2.73. The number of aryl methyl sites for hydroxylation is 1. The third kappa shape index (κ3) is 1.87. The van der Waals surface area contributed by atoms with Crippen LogP contribution in [0.5, 0.6) is 0 Å². The number of carbonyl (C=O) groups excluding carboxylic acids is 1.